The zero-order chi connectivity index (χ0) is 13.8. The van der Waals surface area contributed by atoms with Crippen LogP contribution in [0.4, 0.5) is 4.39 Å². The van der Waals surface area contributed by atoms with Gasteiger partial charge in [0.05, 0.1) is 5.02 Å². The van der Waals surface area contributed by atoms with Crippen LogP contribution in [-0.4, -0.2) is 6.54 Å². The van der Waals surface area contributed by atoms with E-state index in [-0.39, 0.29) is 10.9 Å². The lowest BCUT2D eigenvalue weighted by atomic mass is 9.92. The van der Waals surface area contributed by atoms with Crippen molar-refractivity contribution in [1.82, 2.24) is 0 Å². The molecule has 1 nitrogen and oxygen atoms in total. The summed E-state index contributed by atoms with van der Waals surface area (Å²) in [6.07, 6.45) is 0.633. The Labute approximate surface area is 122 Å². The highest BCUT2D eigenvalue weighted by atomic mass is 35.5. The van der Waals surface area contributed by atoms with Crippen LogP contribution in [0.5, 0.6) is 0 Å². The third kappa shape index (κ3) is 3.47. The molecule has 0 aliphatic rings. The summed E-state index contributed by atoms with van der Waals surface area (Å²) in [5, 5.41) is 0.818. The molecule has 2 aromatic rings. The molecule has 1 atom stereocenters. The molecule has 100 valence electrons. The van der Waals surface area contributed by atoms with Gasteiger partial charge in [-0.1, -0.05) is 47.5 Å². The lowest BCUT2D eigenvalue weighted by molar-refractivity contribution is 0.621. The molecule has 2 N–H and O–H groups in total. The van der Waals surface area contributed by atoms with Gasteiger partial charge >= 0.3 is 0 Å². The van der Waals surface area contributed by atoms with Crippen molar-refractivity contribution < 1.29 is 4.39 Å². The van der Waals surface area contributed by atoms with E-state index in [2.05, 4.69) is 0 Å². The molecule has 19 heavy (non-hydrogen) atoms. The van der Waals surface area contributed by atoms with Crippen LogP contribution in [0.2, 0.25) is 10.0 Å². The van der Waals surface area contributed by atoms with Crippen LogP contribution < -0.4 is 5.73 Å². The molecule has 4 heteroatoms. The largest absolute Gasteiger partial charge is 0.330 e. The van der Waals surface area contributed by atoms with Crippen LogP contribution in [0, 0.1) is 5.82 Å². The minimum Gasteiger partial charge on any atom is -0.330 e. The minimum absolute atomic E-state index is 0.0641. The summed E-state index contributed by atoms with van der Waals surface area (Å²) in [5.41, 5.74) is 7.66. The van der Waals surface area contributed by atoms with Crippen molar-refractivity contribution in [3.63, 3.8) is 0 Å². The second-order valence-corrected chi connectivity index (χ2v) is 5.22. The number of rotatable bonds is 4. The molecule has 0 spiro atoms. The highest BCUT2D eigenvalue weighted by molar-refractivity contribution is 6.31. The Morgan fingerprint density at radius 1 is 1.05 bits per heavy atom. The highest BCUT2D eigenvalue weighted by Crippen LogP contribution is 2.27. The molecule has 0 aliphatic heterocycles. The maximum absolute atomic E-state index is 13.4. The van der Waals surface area contributed by atoms with Crippen LogP contribution in [0.3, 0.4) is 0 Å². The molecule has 0 amide bonds. The Bertz CT molecular complexity index is 572. The van der Waals surface area contributed by atoms with Gasteiger partial charge in [0, 0.05) is 10.9 Å². The number of halogens is 3. The Morgan fingerprint density at radius 3 is 2.42 bits per heavy atom. The summed E-state index contributed by atoms with van der Waals surface area (Å²) in [6.45, 7) is 0.452. The smallest absolute Gasteiger partial charge is 0.142 e. The Kier molecular flexibility index (Phi) is 4.81. The van der Waals surface area contributed by atoms with Gasteiger partial charge in [0.2, 0.25) is 0 Å². The molecule has 0 radical (unpaired) electrons. The van der Waals surface area contributed by atoms with Crippen molar-refractivity contribution in [1.29, 1.82) is 0 Å². The first-order chi connectivity index (χ1) is 9.11. The molecule has 0 aromatic heterocycles. The zero-order valence-electron chi connectivity index (χ0n) is 10.2. The highest BCUT2D eigenvalue weighted by Gasteiger charge is 2.14. The summed E-state index contributed by atoms with van der Waals surface area (Å²) in [5.74, 6) is -0.344. The van der Waals surface area contributed by atoms with Crippen molar-refractivity contribution in [2.45, 2.75) is 12.3 Å². The van der Waals surface area contributed by atoms with Gasteiger partial charge in [-0.15, -0.1) is 0 Å². The first kappa shape index (κ1) is 14.3. The van der Waals surface area contributed by atoms with Gasteiger partial charge < -0.3 is 5.73 Å². The number of hydrogen-bond donors (Lipinski definition) is 1. The maximum atomic E-state index is 13.4. The molecule has 1 unspecified atom stereocenters. The molecule has 0 saturated carbocycles. The van der Waals surface area contributed by atoms with E-state index >= 15 is 0 Å². The summed E-state index contributed by atoms with van der Waals surface area (Å²) < 4.78 is 13.4. The molecule has 0 saturated heterocycles. The van der Waals surface area contributed by atoms with Gasteiger partial charge in [-0.2, -0.15) is 0 Å². The molecule has 0 fully saturated rings. The predicted molar refractivity (Wildman–Crippen MR) is 78.4 cm³/mol. The predicted octanol–water partition coefficient (Wildman–Crippen LogP) is 4.42. The molecule has 0 aliphatic carbocycles. The monoisotopic (exact) mass is 297 g/mol. The zero-order valence-corrected chi connectivity index (χ0v) is 11.8. The van der Waals surface area contributed by atoms with Gasteiger partial charge in [-0.25, -0.2) is 4.39 Å². The van der Waals surface area contributed by atoms with Crippen LogP contribution in [0.15, 0.2) is 42.5 Å². The number of nitrogens with two attached hydrogens (primary N) is 1. The third-order valence-corrected chi connectivity index (χ3v) is 3.75. The van der Waals surface area contributed by atoms with E-state index in [1.54, 1.807) is 6.07 Å². The Balaban J connectivity index is 2.24. The number of benzene rings is 2. The van der Waals surface area contributed by atoms with Crippen molar-refractivity contribution >= 4 is 23.2 Å². The second-order valence-electron chi connectivity index (χ2n) is 4.41. The summed E-state index contributed by atoms with van der Waals surface area (Å²) in [4.78, 5) is 0. The fourth-order valence-electron chi connectivity index (χ4n) is 2.08. The van der Waals surface area contributed by atoms with Crippen LogP contribution in [-0.2, 0) is 6.42 Å². The lowest BCUT2D eigenvalue weighted by Gasteiger charge is -2.17. The van der Waals surface area contributed by atoms with Gasteiger partial charge in [-0.05, 0) is 42.3 Å². The van der Waals surface area contributed by atoms with Crippen molar-refractivity contribution in [3.8, 4) is 0 Å². The van der Waals surface area contributed by atoms with E-state index in [0.29, 0.717) is 18.0 Å². The van der Waals surface area contributed by atoms with Gasteiger partial charge in [0.1, 0.15) is 5.82 Å². The molecular weight excluding hydrogens is 284 g/mol. The Hall–Kier alpha value is -1.09. The van der Waals surface area contributed by atoms with Gasteiger partial charge in [0.15, 0.2) is 0 Å². The average molecular weight is 298 g/mol. The van der Waals surface area contributed by atoms with E-state index in [0.717, 1.165) is 11.1 Å². The maximum Gasteiger partial charge on any atom is 0.142 e. The molecular formula is C15H14Cl2FN. The Morgan fingerprint density at radius 2 is 1.79 bits per heavy atom. The fraction of sp³-hybridized carbons (Fsp3) is 0.200. The van der Waals surface area contributed by atoms with E-state index in [4.69, 9.17) is 28.9 Å². The lowest BCUT2D eigenvalue weighted by Crippen LogP contribution is -2.15. The SMILES string of the molecule is NCC(Cc1ccc(Cl)c(F)c1)c1ccccc1Cl. The normalized spacial score (nSPS) is 12.4. The van der Waals surface area contributed by atoms with Crippen LogP contribution >= 0.6 is 23.2 Å². The van der Waals surface area contributed by atoms with E-state index < -0.39 is 5.82 Å². The standard InChI is InChI=1S/C15H14Cl2FN/c16-13-4-2-1-3-12(13)11(9-19)7-10-5-6-14(17)15(18)8-10/h1-6,8,11H,7,9,19H2. The van der Waals surface area contributed by atoms with Crippen molar-refractivity contribution in [2.24, 2.45) is 5.73 Å². The van der Waals surface area contributed by atoms with Crippen LogP contribution in [0.25, 0.3) is 0 Å². The topological polar surface area (TPSA) is 26.0 Å². The van der Waals surface area contributed by atoms with Crippen molar-refractivity contribution in [3.05, 3.63) is 69.5 Å². The fourth-order valence-corrected chi connectivity index (χ4v) is 2.49. The van der Waals surface area contributed by atoms with Crippen LogP contribution in [0.1, 0.15) is 17.0 Å². The molecule has 0 bridgehead atoms. The van der Waals surface area contributed by atoms with E-state index in [1.807, 2.05) is 30.3 Å². The van der Waals surface area contributed by atoms with Crippen molar-refractivity contribution in [2.75, 3.05) is 6.54 Å². The van der Waals surface area contributed by atoms with Gasteiger partial charge in [-0.3, -0.25) is 0 Å². The minimum atomic E-state index is -0.408. The third-order valence-electron chi connectivity index (χ3n) is 3.10. The van der Waals surface area contributed by atoms with E-state index in [9.17, 15) is 4.39 Å². The quantitative estimate of drug-likeness (QED) is 0.888. The molecule has 2 aromatic carbocycles. The number of hydrogen-bond acceptors (Lipinski definition) is 1. The molecule has 0 heterocycles. The van der Waals surface area contributed by atoms with E-state index in [1.165, 1.54) is 6.07 Å². The summed E-state index contributed by atoms with van der Waals surface area (Å²) >= 11 is 11.8. The second kappa shape index (κ2) is 6.38. The first-order valence-corrected chi connectivity index (χ1v) is 6.76. The average Bonchev–Trinajstić information content (AvgIpc) is 2.41. The summed E-state index contributed by atoms with van der Waals surface area (Å²) in [6, 6.07) is 12.4. The molecule has 2 rings (SSSR count). The van der Waals surface area contributed by atoms with Gasteiger partial charge in [0.25, 0.3) is 0 Å². The summed E-state index contributed by atoms with van der Waals surface area (Å²) in [7, 11) is 0. The first-order valence-electron chi connectivity index (χ1n) is 6.00.